The Labute approximate surface area is 127 Å². The molecule has 0 aliphatic carbocycles. The molecule has 1 aromatic rings. The molecule has 6 nitrogen and oxygen atoms in total. The molecule has 1 aliphatic rings. The Kier molecular flexibility index (Phi) is 4.00. The number of hydrogen-bond acceptors (Lipinski definition) is 4. The first-order valence-electron chi connectivity index (χ1n) is 6.58. The van der Waals surface area contributed by atoms with Gasteiger partial charge in [-0.2, -0.15) is 0 Å². The van der Waals surface area contributed by atoms with Crippen LogP contribution in [0.1, 0.15) is 23.7 Å². The molecule has 1 amide bonds. The van der Waals surface area contributed by atoms with Crippen molar-refractivity contribution in [2.24, 2.45) is 5.41 Å². The molecule has 1 atom stereocenters. The minimum absolute atomic E-state index is 0.0566. The predicted octanol–water partition coefficient (Wildman–Crippen LogP) is 1.58. The average molecular weight is 312 g/mol. The lowest BCUT2D eigenvalue weighted by molar-refractivity contribution is -0.128. The molecular weight excluding hydrogens is 294 g/mol. The molecule has 1 heterocycles. The van der Waals surface area contributed by atoms with Crippen LogP contribution in [0, 0.1) is 5.41 Å². The van der Waals surface area contributed by atoms with Crippen LogP contribution in [0.4, 0.5) is 11.4 Å². The summed E-state index contributed by atoms with van der Waals surface area (Å²) < 4.78 is 0. The molecule has 0 bridgehead atoms. The number of carbonyl (C=O) groups is 2. The molecule has 114 valence electrons. The van der Waals surface area contributed by atoms with Crippen molar-refractivity contribution in [3.63, 3.8) is 0 Å². The van der Waals surface area contributed by atoms with Gasteiger partial charge in [0.05, 0.1) is 21.7 Å². The summed E-state index contributed by atoms with van der Waals surface area (Å²) in [4.78, 5) is 25.2. The summed E-state index contributed by atoms with van der Waals surface area (Å²) in [7, 11) is 1.59. The molecule has 1 saturated heterocycles. The van der Waals surface area contributed by atoms with E-state index in [1.807, 2.05) is 11.8 Å². The van der Waals surface area contributed by atoms with Crippen LogP contribution in [-0.2, 0) is 4.79 Å². The van der Waals surface area contributed by atoms with E-state index in [1.165, 1.54) is 12.1 Å². The van der Waals surface area contributed by atoms with E-state index in [0.717, 1.165) is 0 Å². The molecule has 1 aromatic carbocycles. The molecular formula is C14H18ClN3O3. The summed E-state index contributed by atoms with van der Waals surface area (Å²) in [5.74, 6) is -1.15. The van der Waals surface area contributed by atoms with Crippen LogP contribution in [0.3, 0.4) is 0 Å². The van der Waals surface area contributed by atoms with E-state index in [-0.39, 0.29) is 16.5 Å². The van der Waals surface area contributed by atoms with Crippen LogP contribution < -0.4 is 16.0 Å². The van der Waals surface area contributed by atoms with Crippen molar-refractivity contribution >= 4 is 34.9 Å². The van der Waals surface area contributed by atoms with Gasteiger partial charge >= 0.3 is 5.97 Å². The second-order valence-corrected chi connectivity index (χ2v) is 5.92. The molecule has 2 rings (SSSR count). The lowest BCUT2D eigenvalue weighted by Gasteiger charge is -2.25. The number of rotatable bonds is 3. The predicted molar refractivity (Wildman–Crippen MR) is 81.8 cm³/mol. The smallest absolute Gasteiger partial charge is 0.337 e. The fraction of sp³-hybridized carbons (Fsp3) is 0.429. The van der Waals surface area contributed by atoms with Gasteiger partial charge in [0.2, 0.25) is 5.91 Å². The van der Waals surface area contributed by atoms with Crippen LogP contribution in [0.25, 0.3) is 0 Å². The van der Waals surface area contributed by atoms with Gasteiger partial charge in [0.25, 0.3) is 0 Å². The van der Waals surface area contributed by atoms with E-state index < -0.39 is 11.4 Å². The minimum atomic E-state index is -1.09. The number of aromatic carboxylic acids is 1. The quantitative estimate of drug-likeness (QED) is 0.737. The minimum Gasteiger partial charge on any atom is -0.478 e. The van der Waals surface area contributed by atoms with Crippen molar-refractivity contribution in [2.75, 3.05) is 30.8 Å². The van der Waals surface area contributed by atoms with Gasteiger partial charge in [-0.15, -0.1) is 0 Å². The molecule has 21 heavy (non-hydrogen) atoms. The van der Waals surface area contributed by atoms with E-state index in [9.17, 15) is 14.7 Å². The number of anilines is 2. The summed E-state index contributed by atoms with van der Waals surface area (Å²) in [6.07, 6.45) is 0.631. The SMILES string of the molecule is CNC(=O)C1(C)CCN(c2c(Cl)cc(N)cc2C(=O)O)C1. The molecule has 4 N–H and O–H groups in total. The Morgan fingerprint density at radius 3 is 2.71 bits per heavy atom. The Hall–Kier alpha value is -1.95. The largest absolute Gasteiger partial charge is 0.478 e. The van der Waals surface area contributed by atoms with Crippen molar-refractivity contribution in [2.45, 2.75) is 13.3 Å². The maximum atomic E-state index is 12.0. The van der Waals surface area contributed by atoms with Crippen molar-refractivity contribution in [1.29, 1.82) is 0 Å². The van der Waals surface area contributed by atoms with Gasteiger partial charge in [0, 0.05) is 25.8 Å². The van der Waals surface area contributed by atoms with E-state index in [2.05, 4.69) is 5.32 Å². The average Bonchev–Trinajstić information content (AvgIpc) is 2.80. The number of carboxylic acids is 1. The number of benzene rings is 1. The molecule has 0 saturated carbocycles. The molecule has 0 radical (unpaired) electrons. The van der Waals surface area contributed by atoms with Crippen LogP contribution in [0.5, 0.6) is 0 Å². The third-order valence-electron chi connectivity index (χ3n) is 3.88. The van der Waals surface area contributed by atoms with E-state index in [0.29, 0.717) is 30.9 Å². The summed E-state index contributed by atoms with van der Waals surface area (Å²) in [6, 6.07) is 2.91. The number of nitrogens with zero attached hydrogens (tertiary/aromatic N) is 1. The van der Waals surface area contributed by atoms with Crippen LogP contribution >= 0.6 is 11.6 Å². The number of hydrogen-bond donors (Lipinski definition) is 3. The van der Waals surface area contributed by atoms with Gasteiger partial charge in [0.1, 0.15) is 0 Å². The number of nitrogens with one attached hydrogen (secondary N) is 1. The monoisotopic (exact) mass is 311 g/mol. The van der Waals surface area contributed by atoms with E-state index >= 15 is 0 Å². The second-order valence-electron chi connectivity index (χ2n) is 5.52. The highest BCUT2D eigenvalue weighted by Gasteiger charge is 2.41. The lowest BCUT2D eigenvalue weighted by atomic mass is 9.89. The molecule has 0 aromatic heterocycles. The maximum Gasteiger partial charge on any atom is 0.337 e. The van der Waals surface area contributed by atoms with Crippen molar-refractivity contribution in [1.82, 2.24) is 5.32 Å². The Bertz CT molecular complexity index is 605. The fourth-order valence-corrected chi connectivity index (χ4v) is 3.09. The third kappa shape index (κ3) is 2.76. The third-order valence-corrected chi connectivity index (χ3v) is 4.17. The maximum absolute atomic E-state index is 12.0. The Morgan fingerprint density at radius 1 is 1.48 bits per heavy atom. The highest BCUT2D eigenvalue weighted by Crippen LogP contribution is 2.39. The Morgan fingerprint density at radius 2 is 2.14 bits per heavy atom. The van der Waals surface area contributed by atoms with Crippen LogP contribution in [-0.4, -0.2) is 37.1 Å². The zero-order valence-corrected chi connectivity index (χ0v) is 12.7. The number of carbonyl (C=O) groups excluding carboxylic acids is 1. The zero-order chi connectivity index (χ0) is 15.8. The number of nitrogen functional groups attached to an aromatic ring is 1. The summed E-state index contributed by atoms with van der Waals surface area (Å²) in [5.41, 5.74) is 5.88. The Balaban J connectivity index is 2.41. The summed E-state index contributed by atoms with van der Waals surface area (Å²) in [6.45, 7) is 2.84. The first-order chi connectivity index (χ1) is 9.78. The van der Waals surface area contributed by atoms with E-state index in [4.69, 9.17) is 17.3 Å². The van der Waals surface area contributed by atoms with Crippen molar-refractivity contribution < 1.29 is 14.7 Å². The van der Waals surface area contributed by atoms with Gasteiger partial charge in [-0.25, -0.2) is 4.79 Å². The fourth-order valence-electron chi connectivity index (χ4n) is 2.74. The van der Waals surface area contributed by atoms with Gasteiger partial charge in [-0.1, -0.05) is 11.6 Å². The first kappa shape index (κ1) is 15.4. The summed E-state index contributed by atoms with van der Waals surface area (Å²) >= 11 is 6.18. The van der Waals surface area contributed by atoms with Crippen molar-refractivity contribution in [3.8, 4) is 0 Å². The topological polar surface area (TPSA) is 95.7 Å². The zero-order valence-electron chi connectivity index (χ0n) is 11.9. The normalized spacial score (nSPS) is 21.4. The molecule has 1 unspecified atom stereocenters. The molecule has 1 aliphatic heterocycles. The van der Waals surface area contributed by atoms with Gasteiger partial charge in [0.15, 0.2) is 0 Å². The van der Waals surface area contributed by atoms with Gasteiger partial charge in [-0.05, 0) is 25.5 Å². The highest BCUT2D eigenvalue weighted by atomic mass is 35.5. The number of amides is 1. The second kappa shape index (κ2) is 5.44. The standard InChI is InChI=1S/C14H18ClN3O3/c1-14(13(21)17-2)3-4-18(7-14)11-9(12(19)20)5-8(16)6-10(11)15/h5-6H,3-4,7,16H2,1-2H3,(H,17,21)(H,19,20). The van der Waals surface area contributed by atoms with E-state index in [1.54, 1.807) is 7.05 Å². The van der Waals surface area contributed by atoms with Crippen molar-refractivity contribution in [3.05, 3.63) is 22.7 Å². The first-order valence-corrected chi connectivity index (χ1v) is 6.96. The number of nitrogens with two attached hydrogens (primary N) is 1. The van der Waals surface area contributed by atoms with Crippen LogP contribution in [0.2, 0.25) is 5.02 Å². The number of carboxylic acid groups (broad SMARTS) is 1. The summed E-state index contributed by atoms with van der Waals surface area (Å²) in [5, 5.41) is 12.3. The molecule has 7 heteroatoms. The number of halogens is 1. The van der Waals surface area contributed by atoms with Gasteiger partial charge < -0.3 is 21.1 Å². The molecule has 0 spiro atoms. The van der Waals surface area contributed by atoms with Crippen LogP contribution in [0.15, 0.2) is 12.1 Å². The highest BCUT2D eigenvalue weighted by molar-refractivity contribution is 6.34. The molecule has 1 fully saturated rings. The lowest BCUT2D eigenvalue weighted by Crippen LogP contribution is -2.39. The van der Waals surface area contributed by atoms with Gasteiger partial charge in [-0.3, -0.25) is 4.79 Å².